The number of rotatable bonds is 7. The molecule has 3 N–H and O–H groups in total. The van der Waals surface area contributed by atoms with Crippen molar-refractivity contribution in [2.45, 2.75) is 19.8 Å². The van der Waals surface area contributed by atoms with E-state index in [0.717, 1.165) is 11.3 Å². The van der Waals surface area contributed by atoms with E-state index in [1.165, 1.54) is 0 Å². The van der Waals surface area contributed by atoms with Crippen molar-refractivity contribution in [2.75, 3.05) is 18.9 Å². The van der Waals surface area contributed by atoms with Crippen LogP contribution in [0.25, 0.3) is 0 Å². The summed E-state index contributed by atoms with van der Waals surface area (Å²) in [6.07, 6.45) is 0.616. The maximum Gasteiger partial charge on any atom is 0.303 e. The molecule has 0 fully saturated rings. The number of carboxylic acids is 1. The Morgan fingerprint density at radius 1 is 1.26 bits per heavy atom. The van der Waals surface area contributed by atoms with Gasteiger partial charge in [0.15, 0.2) is 0 Å². The van der Waals surface area contributed by atoms with Gasteiger partial charge in [-0.15, -0.1) is 0 Å². The molecule has 1 atom stereocenters. The molecule has 0 spiro atoms. The molecule has 0 aliphatic carbocycles. The first kappa shape index (κ1) is 15.2. The quantitative estimate of drug-likeness (QED) is 0.697. The number of hydrogen-bond acceptors (Lipinski definition) is 3. The Bertz CT molecular complexity index is 429. The fourth-order valence-electron chi connectivity index (χ4n) is 1.67. The van der Waals surface area contributed by atoms with Crippen LogP contribution < -0.4 is 10.6 Å². The summed E-state index contributed by atoms with van der Waals surface area (Å²) < 4.78 is 0. The topological polar surface area (TPSA) is 78.4 Å². The van der Waals surface area contributed by atoms with Crippen LogP contribution in [-0.2, 0) is 16.0 Å². The van der Waals surface area contributed by atoms with E-state index in [1.807, 2.05) is 19.1 Å². The van der Waals surface area contributed by atoms with Gasteiger partial charge in [0.1, 0.15) is 0 Å². The van der Waals surface area contributed by atoms with Gasteiger partial charge in [-0.1, -0.05) is 19.1 Å². The van der Waals surface area contributed by atoms with Gasteiger partial charge < -0.3 is 15.7 Å². The maximum atomic E-state index is 11.8. The number of nitrogens with one attached hydrogen (secondary N) is 2. The van der Waals surface area contributed by atoms with Gasteiger partial charge in [0, 0.05) is 24.6 Å². The number of benzene rings is 1. The van der Waals surface area contributed by atoms with E-state index in [1.54, 1.807) is 19.2 Å². The molecule has 104 valence electrons. The van der Waals surface area contributed by atoms with Crippen molar-refractivity contribution >= 4 is 17.6 Å². The lowest BCUT2D eigenvalue weighted by Gasteiger charge is -2.11. The van der Waals surface area contributed by atoms with Crippen LogP contribution in [0, 0.1) is 5.92 Å². The standard InChI is InChI=1S/C14H20N2O3/c1-10(9-15-2)14(19)16-12-6-3-11(4-7-12)5-8-13(17)18/h3-4,6-7,10,15H,5,8-9H2,1-2H3,(H,16,19)(H,17,18). The number of carbonyl (C=O) groups is 2. The second-order valence-corrected chi connectivity index (χ2v) is 4.54. The number of aliphatic carboxylic acids is 1. The highest BCUT2D eigenvalue weighted by Gasteiger charge is 2.11. The van der Waals surface area contributed by atoms with E-state index >= 15 is 0 Å². The molecule has 0 bridgehead atoms. The Morgan fingerprint density at radius 3 is 2.42 bits per heavy atom. The van der Waals surface area contributed by atoms with Gasteiger partial charge in [0.2, 0.25) is 5.91 Å². The van der Waals surface area contributed by atoms with Crippen molar-refractivity contribution in [3.63, 3.8) is 0 Å². The number of carbonyl (C=O) groups excluding carboxylic acids is 1. The minimum absolute atomic E-state index is 0.0346. The van der Waals surface area contributed by atoms with Crippen LogP contribution in [0.5, 0.6) is 0 Å². The van der Waals surface area contributed by atoms with Gasteiger partial charge in [-0.2, -0.15) is 0 Å². The van der Waals surface area contributed by atoms with Crippen molar-refractivity contribution in [2.24, 2.45) is 5.92 Å². The summed E-state index contributed by atoms with van der Waals surface area (Å²) in [6, 6.07) is 7.25. The smallest absolute Gasteiger partial charge is 0.303 e. The van der Waals surface area contributed by atoms with Crippen LogP contribution >= 0.6 is 0 Å². The van der Waals surface area contributed by atoms with Crippen LogP contribution in [0.4, 0.5) is 5.69 Å². The summed E-state index contributed by atoms with van der Waals surface area (Å²) in [4.78, 5) is 22.2. The van der Waals surface area contributed by atoms with E-state index in [2.05, 4.69) is 10.6 Å². The number of hydrogen-bond donors (Lipinski definition) is 3. The number of anilines is 1. The molecule has 1 aromatic carbocycles. The molecule has 5 heteroatoms. The molecule has 0 heterocycles. The highest BCUT2D eigenvalue weighted by molar-refractivity contribution is 5.92. The Morgan fingerprint density at radius 2 is 1.89 bits per heavy atom. The van der Waals surface area contributed by atoms with E-state index in [4.69, 9.17) is 5.11 Å². The number of amides is 1. The lowest BCUT2D eigenvalue weighted by Crippen LogP contribution is -2.28. The molecule has 5 nitrogen and oxygen atoms in total. The lowest BCUT2D eigenvalue weighted by atomic mass is 10.1. The van der Waals surface area contributed by atoms with Crippen molar-refractivity contribution in [3.05, 3.63) is 29.8 Å². The maximum absolute atomic E-state index is 11.8. The van der Waals surface area contributed by atoms with Gasteiger partial charge in [-0.25, -0.2) is 0 Å². The third-order valence-corrected chi connectivity index (χ3v) is 2.81. The van der Waals surface area contributed by atoms with Crippen molar-refractivity contribution < 1.29 is 14.7 Å². The SMILES string of the molecule is CNCC(C)C(=O)Nc1ccc(CCC(=O)O)cc1. The van der Waals surface area contributed by atoms with E-state index in [9.17, 15) is 9.59 Å². The lowest BCUT2D eigenvalue weighted by molar-refractivity contribution is -0.137. The van der Waals surface area contributed by atoms with Gasteiger partial charge in [-0.3, -0.25) is 9.59 Å². The number of aryl methyl sites for hydroxylation is 1. The molecule has 0 aliphatic rings. The molecule has 0 aromatic heterocycles. The summed E-state index contributed by atoms with van der Waals surface area (Å²) in [7, 11) is 1.81. The highest BCUT2D eigenvalue weighted by atomic mass is 16.4. The van der Waals surface area contributed by atoms with Crippen LogP contribution in [0.1, 0.15) is 18.9 Å². The summed E-state index contributed by atoms with van der Waals surface area (Å²) in [5.74, 6) is -0.942. The molecule has 1 rings (SSSR count). The Balaban J connectivity index is 2.52. The van der Waals surface area contributed by atoms with E-state index in [0.29, 0.717) is 13.0 Å². The molecule has 0 saturated carbocycles. The van der Waals surface area contributed by atoms with Crippen LogP contribution in [0.3, 0.4) is 0 Å². The predicted molar refractivity (Wildman–Crippen MR) is 74.1 cm³/mol. The Hall–Kier alpha value is -1.88. The molecule has 0 aliphatic heterocycles. The molecule has 1 unspecified atom stereocenters. The van der Waals surface area contributed by atoms with Crippen molar-refractivity contribution in [1.29, 1.82) is 0 Å². The second kappa shape index (κ2) is 7.53. The third-order valence-electron chi connectivity index (χ3n) is 2.81. The molecule has 1 amide bonds. The predicted octanol–water partition coefficient (Wildman–Crippen LogP) is 1.50. The molecule has 1 aromatic rings. The summed E-state index contributed by atoms with van der Waals surface area (Å²) in [5.41, 5.74) is 1.68. The molecule has 0 saturated heterocycles. The summed E-state index contributed by atoms with van der Waals surface area (Å²) >= 11 is 0. The first-order valence-electron chi connectivity index (χ1n) is 6.29. The average molecular weight is 264 g/mol. The summed E-state index contributed by atoms with van der Waals surface area (Å²) in [5, 5.41) is 14.4. The van der Waals surface area contributed by atoms with Gasteiger partial charge in [0.05, 0.1) is 0 Å². The first-order valence-corrected chi connectivity index (χ1v) is 6.29. The molecule has 0 radical (unpaired) electrons. The second-order valence-electron chi connectivity index (χ2n) is 4.54. The third kappa shape index (κ3) is 5.52. The van der Waals surface area contributed by atoms with E-state index in [-0.39, 0.29) is 18.2 Å². The molecule has 19 heavy (non-hydrogen) atoms. The Kier molecular flexibility index (Phi) is 6.02. The summed E-state index contributed by atoms with van der Waals surface area (Å²) in [6.45, 7) is 2.48. The minimum atomic E-state index is -0.807. The fourth-order valence-corrected chi connectivity index (χ4v) is 1.67. The normalized spacial score (nSPS) is 11.9. The van der Waals surface area contributed by atoms with Gasteiger partial charge in [0.25, 0.3) is 0 Å². The first-order chi connectivity index (χ1) is 9.02. The molecular formula is C14H20N2O3. The molecular weight excluding hydrogens is 244 g/mol. The highest BCUT2D eigenvalue weighted by Crippen LogP contribution is 2.12. The average Bonchev–Trinajstić information content (AvgIpc) is 2.38. The van der Waals surface area contributed by atoms with Crippen LogP contribution in [0.15, 0.2) is 24.3 Å². The van der Waals surface area contributed by atoms with Crippen molar-refractivity contribution in [3.8, 4) is 0 Å². The van der Waals surface area contributed by atoms with Gasteiger partial charge in [-0.05, 0) is 31.2 Å². The fraction of sp³-hybridized carbons (Fsp3) is 0.429. The van der Waals surface area contributed by atoms with Gasteiger partial charge >= 0.3 is 5.97 Å². The Labute approximate surface area is 113 Å². The minimum Gasteiger partial charge on any atom is -0.481 e. The number of carboxylic acid groups (broad SMARTS) is 1. The largest absolute Gasteiger partial charge is 0.481 e. The van der Waals surface area contributed by atoms with Crippen LogP contribution in [0.2, 0.25) is 0 Å². The van der Waals surface area contributed by atoms with Crippen molar-refractivity contribution in [1.82, 2.24) is 5.32 Å². The zero-order chi connectivity index (χ0) is 14.3. The zero-order valence-corrected chi connectivity index (χ0v) is 11.3. The van der Waals surface area contributed by atoms with Crippen LogP contribution in [-0.4, -0.2) is 30.6 Å². The van der Waals surface area contributed by atoms with E-state index < -0.39 is 5.97 Å². The zero-order valence-electron chi connectivity index (χ0n) is 11.3. The monoisotopic (exact) mass is 264 g/mol.